The molecule has 1 N–H and O–H groups in total. The zero-order chi connectivity index (χ0) is 9.84. The smallest absolute Gasteiger partial charge is 0.356 e. The Labute approximate surface area is 81.5 Å². The Morgan fingerprint density at radius 2 is 2.46 bits per heavy atom. The van der Waals surface area contributed by atoms with Crippen molar-refractivity contribution >= 4 is 18.2 Å². The van der Waals surface area contributed by atoms with Gasteiger partial charge < -0.3 is 14.3 Å². The van der Waals surface area contributed by atoms with Crippen molar-refractivity contribution in [1.29, 1.82) is 0 Å². The standard InChI is InChI=1S/C8H12N2O2S/c1-3-4-12-7(11)6-5-9-8(13)10(6)2/h5H,3-4H2,1-2H3,(H,9,13). The van der Waals surface area contributed by atoms with Crippen LogP contribution in [0.4, 0.5) is 0 Å². The third-order valence-electron chi connectivity index (χ3n) is 1.64. The molecule has 4 nitrogen and oxygen atoms in total. The van der Waals surface area contributed by atoms with Gasteiger partial charge in [0.25, 0.3) is 0 Å². The minimum absolute atomic E-state index is 0.336. The van der Waals surface area contributed by atoms with Crippen LogP contribution in [0.25, 0.3) is 0 Å². The van der Waals surface area contributed by atoms with Crippen LogP contribution in [0, 0.1) is 4.77 Å². The summed E-state index contributed by atoms with van der Waals surface area (Å²) >= 11 is 4.91. The van der Waals surface area contributed by atoms with Crippen molar-refractivity contribution in [2.24, 2.45) is 7.05 Å². The molecule has 0 amide bonds. The Balaban J connectivity index is 2.77. The van der Waals surface area contributed by atoms with Crippen molar-refractivity contribution in [3.63, 3.8) is 0 Å². The molecule has 0 bridgehead atoms. The average molecular weight is 200 g/mol. The first-order valence-electron chi connectivity index (χ1n) is 4.08. The Kier molecular flexibility index (Phi) is 3.25. The van der Waals surface area contributed by atoms with Gasteiger partial charge in [0.15, 0.2) is 4.77 Å². The van der Waals surface area contributed by atoms with Gasteiger partial charge in [-0.05, 0) is 18.6 Å². The maximum absolute atomic E-state index is 11.3. The van der Waals surface area contributed by atoms with Gasteiger partial charge in [-0.25, -0.2) is 4.79 Å². The molecule has 0 aliphatic rings. The second-order valence-electron chi connectivity index (χ2n) is 2.67. The first-order valence-corrected chi connectivity index (χ1v) is 4.49. The molecular formula is C8H12N2O2S. The number of carbonyl (C=O) groups is 1. The summed E-state index contributed by atoms with van der Waals surface area (Å²) in [5, 5.41) is 0. The molecule has 0 aliphatic carbocycles. The maximum Gasteiger partial charge on any atom is 0.356 e. The molecule has 13 heavy (non-hydrogen) atoms. The van der Waals surface area contributed by atoms with Crippen LogP contribution in [0.15, 0.2) is 6.20 Å². The molecule has 0 aromatic carbocycles. The first-order chi connectivity index (χ1) is 6.16. The van der Waals surface area contributed by atoms with E-state index in [9.17, 15) is 4.79 Å². The van der Waals surface area contributed by atoms with E-state index in [1.54, 1.807) is 17.8 Å². The first kappa shape index (κ1) is 9.98. The number of nitrogens with one attached hydrogen (secondary N) is 1. The van der Waals surface area contributed by atoms with E-state index in [0.717, 1.165) is 6.42 Å². The fraction of sp³-hybridized carbons (Fsp3) is 0.500. The van der Waals surface area contributed by atoms with E-state index in [1.807, 2.05) is 6.92 Å². The minimum Gasteiger partial charge on any atom is -0.461 e. The number of ether oxygens (including phenoxy) is 1. The van der Waals surface area contributed by atoms with Gasteiger partial charge in [0.05, 0.1) is 6.61 Å². The number of aromatic nitrogens is 2. The molecule has 5 heteroatoms. The molecule has 0 unspecified atom stereocenters. The van der Waals surface area contributed by atoms with Crippen LogP contribution in [0.1, 0.15) is 23.8 Å². The van der Waals surface area contributed by atoms with Gasteiger partial charge in [0, 0.05) is 13.2 Å². The lowest BCUT2D eigenvalue weighted by molar-refractivity contribution is 0.0494. The van der Waals surface area contributed by atoms with Crippen molar-refractivity contribution in [2.75, 3.05) is 6.61 Å². The Hall–Kier alpha value is -1.10. The van der Waals surface area contributed by atoms with E-state index in [2.05, 4.69) is 4.98 Å². The van der Waals surface area contributed by atoms with E-state index in [-0.39, 0.29) is 5.97 Å². The summed E-state index contributed by atoms with van der Waals surface area (Å²) in [5.41, 5.74) is 0.457. The molecule has 1 aromatic heterocycles. The van der Waals surface area contributed by atoms with E-state index in [0.29, 0.717) is 17.1 Å². The van der Waals surface area contributed by atoms with Crippen LogP contribution >= 0.6 is 12.2 Å². The van der Waals surface area contributed by atoms with Crippen LogP contribution in [-0.2, 0) is 11.8 Å². The molecule has 0 spiro atoms. The van der Waals surface area contributed by atoms with E-state index in [4.69, 9.17) is 17.0 Å². The van der Waals surface area contributed by atoms with Crippen molar-refractivity contribution < 1.29 is 9.53 Å². The van der Waals surface area contributed by atoms with Gasteiger partial charge in [-0.2, -0.15) is 0 Å². The van der Waals surface area contributed by atoms with Gasteiger partial charge in [0.1, 0.15) is 5.69 Å². The van der Waals surface area contributed by atoms with Crippen molar-refractivity contribution in [3.8, 4) is 0 Å². The number of hydrogen-bond donors (Lipinski definition) is 1. The Bertz CT molecular complexity index is 353. The summed E-state index contributed by atoms with van der Waals surface area (Å²) in [4.78, 5) is 14.1. The van der Waals surface area contributed by atoms with Gasteiger partial charge >= 0.3 is 5.97 Å². The lowest BCUT2D eigenvalue weighted by atomic mass is 10.4. The van der Waals surface area contributed by atoms with Crippen LogP contribution < -0.4 is 0 Å². The van der Waals surface area contributed by atoms with Crippen LogP contribution in [0.2, 0.25) is 0 Å². The number of H-pyrrole nitrogens is 1. The summed E-state index contributed by atoms with van der Waals surface area (Å²) in [7, 11) is 1.72. The highest BCUT2D eigenvalue weighted by Crippen LogP contribution is 2.01. The van der Waals surface area contributed by atoms with Crippen molar-refractivity contribution in [3.05, 3.63) is 16.7 Å². The molecule has 0 fully saturated rings. The molecule has 0 saturated carbocycles. The molecule has 0 radical (unpaired) electrons. The molecule has 72 valence electrons. The summed E-state index contributed by atoms with van der Waals surface area (Å²) in [6.45, 7) is 2.39. The molecule has 1 heterocycles. The molecule has 0 saturated heterocycles. The number of imidazole rings is 1. The third kappa shape index (κ3) is 2.18. The quantitative estimate of drug-likeness (QED) is 0.596. The summed E-state index contributed by atoms with van der Waals surface area (Å²) < 4.78 is 7.05. The SMILES string of the molecule is CCCOC(=O)c1c[nH]c(=S)n1C. The van der Waals surface area contributed by atoms with Crippen LogP contribution in [0.3, 0.4) is 0 Å². The molecule has 0 atom stereocenters. The number of carbonyl (C=O) groups excluding carboxylic acids is 1. The number of aromatic amines is 1. The zero-order valence-electron chi connectivity index (χ0n) is 7.66. The van der Waals surface area contributed by atoms with Crippen LogP contribution in [-0.4, -0.2) is 22.1 Å². The lowest BCUT2D eigenvalue weighted by Crippen LogP contribution is -2.10. The number of hydrogen-bond acceptors (Lipinski definition) is 3. The predicted octanol–water partition coefficient (Wildman–Crippen LogP) is 1.65. The number of esters is 1. The number of nitrogens with zero attached hydrogens (tertiary/aromatic N) is 1. The average Bonchev–Trinajstić information content (AvgIpc) is 2.44. The monoisotopic (exact) mass is 200 g/mol. The molecular weight excluding hydrogens is 188 g/mol. The highest BCUT2D eigenvalue weighted by Gasteiger charge is 2.10. The Morgan fingerprint density at radius 1 is 1.77 bits per heavy atom. The van der Waals surface area contributed by atoms with Gasteiger partial charge in [-0.1, -0.05) is 6.92 Å². The molecule has 0 aliphatic heterocycles. The van der Waals surface area contributed by atoms with Crippen LogP contribution in [0.5, 0.6) is 0 Å². The highest BCUT2D eigenvalue weighted by molar-refractivity contribution is 7.71. The normalized spacial score (nSPS) is 10.0. The van der Waals surface area contributed by atoms with Gasteiger partial charge in [-0.3, -0.25) is 0 Å². The fourth-order valence-corrected chi connectivity index (χ4v) is 1.05. The summed E-state index contributed by atoms with van der Waals surface area (Å²) in [6.07, 6.45) is 2.38. The van der Waals surface area contributed by atoms with E-state index in [1.165, 1.54) is 0 Å². The summed E-state index contributed by atoms with van der Waals surface area (Å²) in [6, 6.07) is 0. The number of rotatable bonds is 3. The topological polar surface area (TPSA) is 47.0 Å². The van der Waals surface area contributed by atoms with Crippen molar-refractivity contribution in [2.45, 2.75) is 13.3 Å². The largest absolute Gasteiger partial charge is 0.461 e. The predicted molar refractivity (Wildman–Crippen MR) is 51.2 cm³/mol. The maximum atomic E-state index is 11.3. The third-order valence-corrected chi connectivity index (χ3v) is 2.04. The second-order valence-corrected chi connectivity index (χ2v) is 3.06. The minimum atomic E-state index is -0.336. The lowest BCUT2D eigenvalue weighted by Gasteiger charge is -2.02. The zero-order valence-corrected chi connectivity index (χ0v) is 8.48. The van der Waals surface area contributed by atoms with E-state index >= 15 is 0 Å². The second kappa shape index (κ2) is 4.23. The van der Waals surface area contributed by atoms with E-state index < -0.39 is 0 Å². The molecule has 1 aromatic rings. The summed E-state index contributed by atoms with van der Waals surface area (Å²) in [5.74, 6) is -0.336. The van der Waals surface area contributed by atoms with Gasteiger partial charge in [0.2, 0.25) is 0 Å². The molecule has 1 rings (SSSR count). The van der Waals surface area contributed by atoms with Gasteiger partial charge in [-0.15, -0.1) is 0 Å². The van der Waals surface area contributed by atoms with Crippen molar-refractivity contribution in [1.82, 2.24) is 9.55 Å². The highest BCUT2D eigenvalue weighted by atomic mass is 32.1. The Morgan fingerprint density at radius 3 is 2.92 bits per heavy atom. The fourth-order valence-electron chi connectivity index (χ4n) is 0.898.